The third kappa shape index (κ3) is 7.69. The molecule has 0 spiro atoms. The first kappa shape index (κ1) is 29.6. The van der Waals surface area contributed by atoms with Gasteiger partial charge in [-0.05, 0) is 78.7 Å². The first-order valence-electron chi connectivity index (χ1n) is 13.2. The number of aryl methyl sites for hydroxylation is 1. The number of ether oxygens (including phenoxy) is 1. The molecule has 1 heterocycles. The van der Waals surface area contributed by atoms with E-state index in [9.17, 15) is 8.42 Å². The van der Waals surface area contributed by atoms with Crippen molar-refractivity contribution in [1.29, 1.82) is 0 Å². The van der Waals surface area contributed by atoms with Crippen LogP contribution in [0.5, 0.6) is 5.75 Å². The van der Waals surface area contributed by atoms with Crippen molar-refractivity contribution in [3.8, 4) is 5.75 Å². The summed E-state index contributed by atoms with van der Waals surface area (Å²) in [6.07, 6.45) is 1.60. The predicted molar refractivity (Wildman–Crippen MR) is 167 cm³/mol. The summed E-state index contributed by atoms with van der Waals surface area (Å²) in [4.78, 5) is 4.68. The summed E-state index contributed by atoms with van der Waals surface area (Å²) in [5, 5.41) is 0.756. The molecular formula is C33H28Cl2N2O4S. The predicted octanol–water partition coefficient (Wildman–Crippen LogP) is 8.62. The molecule has 0 aliphatic heterocycles. The lowest BCUT2D eigenvalue weighted by atomic mass is 10.2. The Morgan fingerprint density at radius 1 is 0.810 bits per heavy atom. The monoisotopic (exact) mass is 618 g/mol. The van der Waals surface area contributed by atoms with E-state index < -0.39 is 10.0 Å². The van der Waals surface area contributed by atoms with Crippen LogP contribution in [0.25, 0.3) is 0 Å². The maximum absolute atomic E-state index is 13.7. The molecule has 0 radical (unpaired) electrons. The third-order valence-electron chi connectivity index (χ3n) is 6.44. The number of aliphatic imine (C=N–C) groups is 1. The quantitative estimate of drug-likeness (QED) is 0.139. The Hall–Kier alpha value is -3.88. The molecule has 42 heavy (non-hydrogen) atoms. The molecule has 0 amide bonds. The molecule has 5 aromatic rings. The van der Waals surface area contributed by atoms with Crippen molar-refractivity contribution in [2.24, 2.45) is 4.99 Å². The van der Waals surface area contributed by atoms with Crippen molar-refractivity contribution in [3.63, 3.8) is 0 Å². The summed E-state index contributed by atoms with van der Waals surface area (Å²) in [5.41, 5.74) is 3.48. The summed E-state index contributed by atoms with van der Waals surface area (Å²) >= 11 is 12.3. The van der Waals surface area contributed by atoms with Gasteiger partial charge in [0.25, 0.3) is 0 Å². The summed E-state index contributed by atoms with van der Waals surface area (Å²) in [6, 6.07) is 32.7. The molecule has 214 valence electrons. The number of benzene rings is 4. The van der Waals surface area contributed by atoms with E-state index in [1.54, 1.807) is 60.8 Å². The molecule has 0 bridgehead atoms. The molecule has 0 aliphatic carbocycles. The van der Waals surface area contributed by atoms with Crippen LogP contribution in [0.15, 0.2) is 123 Å². The van der Waals surface area contributed by atoms with Crippen LogP contribution < -0.4 is 4.74 Å². The van der Waals surface area contributed by atoms with E-state index in [2.05, 4.69) is 4.99 Å². The number of furan rings is 1. The van der Waals surface area contributed by atoms with E-state index in [0.717, 1.165) is 22.6 Å². The van der Waals surface area contributed by atoms with Gasteiger partial charge in [-0.3, -0.25) is 4.99 Å². The Morgan fingerprint density at radius 2 is 1.55 bits per heavy atom. The molecule has 0 saturated carbocycles. The normalized spacial score (nSPS) is 11.8. The zero-order chi connectivity index (χ0) is 29.5. The van der Waals surface area contributed by atoms with Gasteiger partial charge in [0.15, 0.2) is 0 Å². The second kappa shape index (κ2) is 13.4. The fourth-order valence-corrected chi connectivity index (χ4v) is 5.87. The number of nitrogens with zero attached hydrogens (tertiary/aromatic N) is 2. The summed E-state index contributed by atoms with van der Waals surface area (Å²) < 4.78 is 40.5. The number of hydrogen-bond acceptors (Lipinski definition) is 5. The number of sulfonamides is 1. The molecule has 0 fully saturated rings. The van der Waals surface area contributed by atoms with Crippen molar-refractivity contribution in [3.05, 3.63) is 147 Å². The van der Waals surface area contributed by atoms with E-state index in [4.69, 9.17) is 32.4 Å². The molecule has 5 rings (SSSR count). The minimum absolute atomic E-state index is 0.0117. The second-order valence-electron chi connectivity index (χ2n) is 9.67. The fraction of sp³-hybridized carbons (Fsp3) is 0.121. The summed E-state index contributed by atoms with van der Waals surface area (Å²) in [6.45, 7) is 2.48. The molecule has 6 nitrogen and oxygen atoms in total. The van der Waals surface area contributed by atoms with Crippen LogP contribution in [-0.4, -0.2) is 18.9 Å². The SMILES string of the molecule is Cc1ccc(S(=O)(=O)N(Cc2ccc(Cl)c(Cl)c2)Cc2ccc(C=Nc3ccc(OCc4ccccc4)cc3)o2)cc1. The lowest BCUT2D eigenvalue weighted by Crippen LogP contribution is -2.30. The molecule has 0 aliphatic rings. The first-order chi connectivity index (χ1) is 20.3. The zero-order valence-corrected chi connectivity index (χ0v) is 25.1. The van der Waals surface area contributed by atoms with Gasteiger partial charge in [-0.15, -0.1) is 0 Å². The highest BCUT2D eigenvalue weighted by Gasteiger charge is 2.26. The van der Waals surface area contributed by atoms with Crippen LogP contribution in [0.4, 0.5) is 5.69 Å². The van der Waals surface area contributed by atoms with E-state index in [0.29, 0.717) is 33.7 Å². The Bertz CT molecular complexity index is 1770. The number of halogens is 2. The van der Waals surface area contributed by atoms with Crippen molar-refractivity contribution < 1.29 is 17.6 Å². The van der Waals surface area contributed by atoms with Crippen LogP contribution in [0, 0.1) is 6.92 Å². The smallest absolute Gasteiger partial charge is 0.243 e. The van der Waals surface area contributed by atoms with Gasteiger partial charge in [-0.1, -0.05) is 77.3 Å². The first-order valence-corrected chi connectivity index (χ1v) is 15.4. The van der Waals surface area contributed by atoms with Gasteiger partial charge in [-0.25, -0.2) is 8.42 Å². The summed E-state index contributed by atoms with van der Waals surface area (Å²) in [7, 11) is -3.86. The third-order valence-corrected chi connectivity index (χ3v) is 8.99. The lowest BCUT2D eigenvalue weighted by molar-refractivity contribution is 0.306. The largest absolute Gasteiger partial charge is 0.489 e. The van der Waals surface area contributed by atoms with Crippen LogP contribution in [0.3, 0.4) is 0 Å². The average molecular weight is 620 g/mol. The lowest BCUT2D eigenvalue weighted by Gasteiger charge is -2.22. The molecular weight excluding hydrogens is 591 g/mol. The Labute approximate surface area is 255 Å². The number of rotatable bonds is 11. The van der Waals surface area contributed by atoms with Crippen molar-refractivity contribution >= 4 is 45.1 Å². The minimum Gasteiger partial charge on any atom is -0.489 e. The Kier molecular flexibility index (Phi) is 9.45. The van der Waals surface area contributed by atoms with Gasteiger partial charge in [-0.2, -0.15) is 4.31 Å². The zero-order valence-electron chi connectivity index (χ0n) is 22.8. The van der Waals surface area contributed by atoms with Crippen LogP contribution in [0.2, 0.25) is 10.0 Å². The highest BCUT2D eigenvalue weighted by Crippen LogP contribution is 2.27. The van der Waals surface area contributed by atoms with E-state index >= 15 is 0 Å². The average Bonchev–Trinajstić information content (AvgIpc) is 3.45. The number of hydrogen-bond donors (Lipinski definition) is 0. The van der Waals surface area contributed by atoms with E-state index in [-0.39, 0.29) is 18.0 Å². The van der Waals surface area contributed by atoms with Gasteiger partial charge < -0.3 is 9.15 Å². The molecule has 4 aromatic carbocycles. The van der Waals surface area contributed by atoms with E-state index in [1.807, 2.05) is 61.5 Å². The van der Waals surface area contributed by atoms with Crippen LogP contribution in [0.1, 0.15) is 28.2 Å². The molecule has 0 unspecified atom stereocenters. The Balaban J connectivity index is 1.29. The van der Waals surface area contributed by atoms with Crippen LogP contribution >= 0.6 is 23.2 Å². The van der Waals surface area contributed by atoms with E-state index in [1.165, 1.54) is 4.31 Å². The molecule has 0 atom stereocenters. The highest BCUT2D eigenvalue weighted by atomic mass is 35.5. The van der Waals surface area contributed by atoms with Gasteiger partial charge >= 0.3 is 0 Å². The maximum Gasteiger partial charge on any atom is 0.243 e. The molecule has 9 heteroatoms. The Morgan fingerprint density at radius 3 is 2.26 bits per heavy atom. The van der Waals surface area contributed by atoms with Crippen LogP contribution in [-0.2, 0) is 29.7 Å². The standard InChI is InChI=1S/C33H28Cl2N2O4S/c1-24-7-16-31(17-8-24)42(38,39)37(21-26-9-18-32(34)33(35)19-26)22-30-15-14-29(41-30)20-36-27-10-12-28(13-11-27)40-23-25-5-3-2-4-6-25/h2-20H,21-23H2,1H3. The van der Waals surface area contributed by atoms with Gasteiger partial charge in [0.1, 0.15) is 23.9 Å². The van der Waals surface area contributed by atoms with Gasteiger partial charge in [0.2, 0.25) is 10.0 Å². The van der Waals surface area contributed by atoms with Gasteiger partial charge in [0, 0.05) is 6.54 Å². The van der Waals surface area contributed by atoms with Gasteiger partial charge in [0.05, 0.1) is 33.4 Å². The second-order valence-corrected chi connectivity index (χ2v) is 12.4. The molecule has 0 saturated heterocycles. The minimum atomic E-state index is -3.86. The summed E-state index contributed by atoms with van der Waals surface area (Å²) in [5.74, 6) is 1.71. The molecule has 1 aromatic heterocycles. The van der Waals surface area contributed by atoms with Crippen molar-refractivity contribution in [2.45, 2.75) is 31.5 Å². The highest BCUT2D eigenvalue weighted by molar-refractivity contribution is 7.89. The molecule has 0 N–H and O–H groups in total. The topological polar surface area (TPSA) is 72.1 Å². The van der Waals surface area contributed by atoms with Crippen molar-refractivity contribution in [1.82, 2.24) is 4.31 Å². The maximum atomic E-state index is 13.7. The fourth-order valence-electron chi connectivity index (χ4n) is 4.16. The van der Waals surface area contributed by atoms with Crippen molar-refractivity contribution in [2.75, 3.05) is 0 Å².